The molecule has 0 heterocycles. The molecule has 9 heteroatoms. The topological polar surface area (TPSA) is 105 Å². The lowest BCUT2D eigenvalue weighted by atomic mass is 10.0. The van der Waals surface area contributed by atoms with Crippen molar-refractivity contribution >= 4 is 13.7 Å². The number of hydrogen-bond acceptors (Lipinski definition) is 5. The van der Waals surface area contributed by atoms with Gasteiger partial charge in [-0.15, -0.1) is 0 Å². The third kappa shape index (κ3) is 29.9. The lowest BCUT2D eigenvalue weighted by Gasteiger charge is -2.26. The van der Waals surface area contributed by atoms with Gasteiger partial charge in [-0.1, -0.05) is 142 Å². The molecule has 1 amide bonds. The normalized spacial score (nSPS) is 14.9. The minimum atomic E-state index is -4.29. The molecular formula is C34H72N2O6P+. The quantitative estimate of drug-likeness (QED) is 0.0388. The van der Waals surface area contributed by atoms with Gasteiger partial charge in [-0.05, 0) is 12.8 Å². The number of rotatable bonds is 32. The zero-order valence-corrected chi connectivity index (χ0v) is 29.9. The van der Waals surface area contributed by atoms with Crippen molar-refractivity contribution < 1.29 is 32.9 Å². The number of hydrogen-bond donors (Lipinski definition) is 3. The highest BCUT2D eigenvalue weighted by atomic mass is 31.2. The standard InChI is InChI=1S/C34H71N2O6P/c1-6-8-10-12-13-14-15-16-17-18-19-20-21-22-24-25-27-33(37)32(35-34(38)28-26-23-11-9-7-2)31-42-43(39,40)41-30-29-36(3,4)5/h32-33,37H,6-31H2,1-5H3,(H-,35,38,39,40)/p+1. The average Bonchev–Trinajstić information content (AvgIpc) is 2.94. The van der Waals surface area contributed by atoms with Gasteiger partial charge in [-0.3, -0.25) is 13.8 Å². The Morgan fingerprint density at radius 1 is 0.698 bits per heavy atom. The molecule has 3 N–H and O–H groups in total. The van der Waals surface area contributed by atoms with E-state index in [4.69, 9.17) is 9.05 Å². The van der Waals surface area contributed by atoms with E-state index >= 15 is 0 Å². The van der Waals surface area contributed by atoms with Crippen molar-refractivity contribution in [3.63, 3.8) is 0 Å². The van der Waals surface area contributed by atoms with Crippen molar-refractivity contribution in [1.82, 2.24) is 5.32 Å². The van der Waals surface area contributed by atoms with Gasteiger partial charge in [0.25, 0.3) is 0 Å². The largest absolute Gasteiger partial charge is 0.472 e. The van der Waals surface area contributed by atoms with Crippen LogP contribution in [0, 0.1) is 0 Å². The van der Waals surface area contributed by atoms with Gasteiger partial charge < -0.3 is 19.8 Å². The molecule has 0 aliphatic carbocycles. The summed E-state index contributed by atoms with van der Waals surface area (Å²) in [6, 6.07) is -0.748. The molecular weight excluding hydrogens is 563 g/mol. The van der Waals surface area contributed by atoms with Gasteiger partial charge in [-0.2, -0.15) is 0 Å². The summed E-state index contributed by atoms with van der Waals surface area (Å²) < 4.78 is 23.3. The number of nitrogens with zero attached hydrogens (tertiary/aromatic N) is 1. The minimum absolute atomic E-state index is 0.0772. The molecule has 0 aliphatic rings. The molecule has 0 aromatic carbocycles. The molecule has 258 valence electrons. The highest BCUT2D eigenvalue weighted by Gasteiger charge is 2.28. The summed E-state index contributed by atoms with van der Waals surface area (Å²) in [5, 5.41) is 13.7. The van der Waals surface area contributed by atoms with Crippen LogP contribution >= 0.6 is 7.82 Å². The number of phosphoric ester groups is 1. The van der Waals surface area contributed by atoms with Crippen LogP contribution in [-0.4, -0.2) is 73.4 Å². The third-order valence-electron chi connectivity index (χ3n) is 8.11. The molecule has 0 bridgehead atoms. The Labute approximate surface area is 266 Å². The van der Waals surface area contributed by atoms with Crippen molar-refractivity contribution in [2.24, 2.45) is 0 Å². The van der Waals surface area contributed by atoms with Crippen molar-refractivity contribution in [3.05, 3.63) is 0 Å². The molecule has 0 aromatic heterocycles. The number of unbranched alkanes of at least 4 members (excludes halogenated alkanes) is 19. The lowest BCUT2D eigenvalue weighted by Crippen LogP contribution is -2.46. The van der Waals surface area contributed by atoms with Crippen LogP contribution in [0.5, 0.6) is 0 Å². The van der Waals surface area contributed by atoms with E-state index in [0.717, 1.165) is 51.4 Å². The molecule has 0 aliphatic heterocycles. The number of aliphatic hydroxyl groups is 1. The Balaban J connectivity index is 4.31. The van der Waals surface area contributed by atoms with E-state index < -0.39 is 20.0 Å². The second-order valence-corrected chi connectivity index (χ2v) is 15.1. The summed E-state index contributed by atoms with van der Waals surface area (Å²) in [5.74, 6) is -0.158. The van der Waals surface area contributed by atoms with E-state index in [1.807, 2.05) is 21.1 Å². The molecule has 3 atom stereocenters. The summed E-state index contributed by atoms with van der Waals surface area (Å²) in [6.45, 7) is 4.79. The Morgan fingerprint density at radius 3 is 1.56 bits per heavy atom. The van der Waals surface area contributed by atoms with Crippen LogP contribution in [0.15, 0.2) is 0 Å². The number of phosphoric acid groups is 1. The molecule has 0 aromatic rings. The maximum Gasteiger partial charge on any atom is 0.472 e. The highest BCUT2D eigenvalue weighted by molar-refractivity contribution is 7.47. The summed E-state index contributed by atoms with van der Waals surface area (Å²) in [5.41, 5.74) is 0. The first-order chi connectivity index (χ1) is 20.5. The number of carbonyl (C=O) groups excluding carboxylic acids is 1. The summed E-state index contributed by atoms with van der Waals surface area (Å²) in [7, 11) is 1.62. The van der Waals surface area contributed by atoms with Gasteiger partial charge in [0.05, 0.1) is 39.9 Å². The SMILES string of the molecule is CCCCCCCCCCCCCCCCCCC(O)C(COP(=O)(O)OCC[N+](C)(C)C)NC(=O)CCCCCCC. The number of nitrogens with one attached hydrogen (secondary N) is 1. The van der Waals surface area contributed by atoms with Crippen molar-refractivity contribution in [2.45, 2.75) is 174 Å². The van der Waals surface area contributed by atoms with E-state index in [9.17, 15) is 19.4 Å². The first kappa shape index (κ1) is 42.5. The second-order valence-electron chi connectivity index (χ2n) is 13.6. The first-order valence-corrected chi connectivity index (χ1v) is 19.4. The number of likely N-dealkylation sites (N-methyl/N-ethyl adjacent to an activating group) is 1. The zero-order valence-electron chi connectivity index (χ0n) is 29.0. The van der Waals surface area contributed by atoms with Crippen LogP contribution in [0.4, 0.5) is 0 Å². The number of amides is 1. The van der Waals surface area contributed by atoms with E-state index in [-0.39, 0.29) is 19.1 Å². The van der Waals surface area contributed by atoms with Crippen molar-refractivity contribution in [1.29, 1.82) is 0 Å². The molecule has 3 unspecified atom stereocenters. The Morgan fingerprint density at radius 2 is 1.12 bits per heavy atom. The Hall–Kier alpha value is -0.500. The molecule has 0 saturated heterocycles. The van der Waals surface area contributed by atoms with Gasteiger partial charge in [0.1, 0.15) is 13.2 Å². The maximum absolute atomic E-state index is 12.6. The lowest BCUT2D eigenvalue weighted by molar-refractivity contribution is -0.870. The van der Waals surface area contributed by atoms with Crippen LogP contribution in [-0.2, 0) is 18.4 Å². The molecule has 0 rings (SSSR count). The average molecular weight is 636 g/mol. The van der Waals surface area contributed by atoms with E-state index in [1.165, 1.54) is 83.5 Å². The molecule has 0 fully saturated rings. The summed E-state index contributed by atoms with van der Waals surface area (Å²) in [4.78, 5) is 22.7. The van der Waals surface area contributed by atoms with Crippen LogP contribution in [0.1, 0.15) is 162 Å². The maximum atomic E-state index is 12.6. The summed E-state index contributed by atoms with van der Waals surface area (Å²) >= 11 is 0. The predicted molar refractivity (Wildman–Crippen MR) is 180 cm³/mol. The number of quaternary nitrogens is 1. The highest BCUT2D eigenvalue weighted by Crippen LogP contribution is 2.43. The van der Waals surface area contributed by atoms with Gasteiger partial charge in [-0.25, -0.2) is 4.57 Å². The minimum Gasteiger partial charge on any atom is -0.391 e. The van der Waals surface area contributed by atoms with Crippen LogP contribution in [0.2, 0.25) is 0 Å². The van der Waals surface area contributed by atoms with Crippen molar-refractivity contribution in [2.75, 3.05) is 40.9 Å². The monoisotopic (exact) mass is 636 g/mol. The molecule has 8 nitrogen and oxygen atoms in total. The Kier molecular flexibility index (Phi) is 27.5. The van der Waals surface area contributed by atoms with Gasteiger partial charge >= 0.3 is 7.82 Å². The zero-order chi connectivity index (χ0) is 32.2. The second kappa shape index (κ2) is 27.8. The molecule has 0 saturated carbocycles. The van der Waals surface area contributed by atoms with Crippen LogP contribution in [0.25, 0.3) is 0 Å². The van der Waals surface area contributed by atoms with Gasteiger partial charge in [0.2, 0.25) is 5.91 Å². The smallest absolute Gasteiger partial charge is 0.391 e. The van der Waals surface area contributed by atoms with Crippen LogP contribution < -0.4 is 5.32 Å². The third-order valence-corrected chi connectivity index (χ3v) is 9.09. The van der Waals surface area contributed by atoms with E-state index in [1.54, 1.807) is 0 Å². The summed E-state index contributed by atoms with van der Waals surface area (Å²) in [6.07, 6.45) is 25.8. The fourth-order valence-electron chi connectivity index (χ4n) is 5.16. The van der Waals surface area contributed by atoms with Crippen LogP contribution in [0.3, 0.4) is 0 Å². The van der Waals surface area contributed by atoms with Gasteiger partial charge in [0.15, 0.2) is 0 Å². The number of carbonyl (C=O) groups is 1. The molecule has 0 radical (unpaired) electrons. The van der Waals surface area contributed by atoms with E-state index in [0.29, 0.717) is 23.9 Å². The molecule has 43 heavy (non-hydrogen) atoms. The predicted octanol–water partition coefficient (Wildman–Crippen LogP) is 8.68. The van der Waals surface area contributed by atoms with Crippen molar-refractivity contribution in [3.8, 4) is 0 Å². The fraction of sp³-hybridized carbons (Fsp3) is 0.971. The number of aliphatic hydroxyl groups excluding tert-OH is 1. The fourth-order valence-corrected chi connectivity index (χ4v) is 5.90. The Bertz CT molecular complexity index is 688. The van der Waals surface area contributed by atoms with Gasteiger partial charge in [0, 0.05) is 6.42 Å². The van der Waals surface area contributed by atoms with E-state index in [2.05, 4.69) is 19.2 Å². The first-order valence-electron chi connectivity index (χ1n) is 17.9. The molecule has 0 spiro atoms.